The number of hydrogen-bond acceptors (Lipinski definition) is 5. The Bertz CT molecular complexity index is 544. The van der Waals surface area contributed by atoms with Crippen molar-refractivity contribution in [2.45, 2.75) is 45.7 Å². The fraction of sp³-hybridized carbons (Fsp3) is 0.905. The van der Waals surface area contributed by atoms with Gasteiger partial charge in [0.25, 0.3) is 0 Å². The van der Waals surface area contributed by atoms with Crippen LogP contribution in [0.4, 0.5) is 0 Å². The zero-order valence-corrected chi connectivity index (χ0v) is 18.4. The lowest BCUT2D eigenvalue weighted by Crippen LogP contribution is -2.51. The number of nitrogens with one attached hydrogen (secondary N) is 1. The average Bonchev–Trinajstić information content (AvgIpc) is 2.77. The first-order valence-electron chi connectivity index (χ1n) is 11.3. The molecule has 2 unspecified atom stereocenters. The van der Waals surface area contributed by atoms with Crippen molar-refractivity contribution in [3.05, 3.63) is 0 Å². The molecule has 0 radical (unpaired) electrons. The van der Waals surface area contributed by atoms with Crippen LogP contribution in [0.1, 0.15) is 33.6 Å². The molecule has 0 spiro atoms. The van der Waals surface area contributed by atoms with Gasteiger partial charge in [-0.25, -0.2) is 0 Å². The minimum absolute atomic E-state index is 0.139. The van der Waals surface area contributed by atoms with Crippen molar-refractivity contribution >= 4 is 11.9 Å². The molecule has 8 nitrogen and oxygen atoms in total. The molecule has 0 aromatic carbocycles. The van der Waals surface area contributed by atoms with Crippen molar-refractivity contribution in [3.8, 4) is 0 Å². The molecule has 0 saturated carbocycles. The monoisotopic (exact) mass is 409 g/mol. The molecule has 3 saturated heterocycles. The summed E-state index contributed by atoms with van der Waals surface area (Å²) < 4.78 is 10.9. The van der Waals surface area contributed by atoms with Crippen molar-refractivity contribution in [3.63, 3.8) is 0 Å². The van der Waals surface area contributed by atoms with E-state index in [-0.39, 0.29) is 5.92 Å². The molecule has 0 aliphatic carbocycles. The van der Waals surface area contributed by atoms with E-state index >= 15 is 0 Å². The molecule has 0 bridgehead atoms. The van der Waals surface area contributed by atoms with E-state index in [1.54, 1.807) is 0 Å². The Morgan fingerprint density at radius 3 is 2.41 bits per heavy atom. The van der Waals surface area contributed by atoms with Crippen molar-refractivity contribution < 1.29 is 14.3 Å². The topological polar surface area (TPSA) is 69.6 Å². The predicted octanol–water partition coefficient (Wildman–Crippen LogP) is 0.632. The molecular weight excluding hydrogens is 370 g/mol. The number of likely N-dealkylation sites (tertiary alicyclic amines) is 1. The van der Waals surface area contributed by atoms with Crippen LogP contribution in [0.25, 0.3) is 0 Å². The highest BCUT2D eigenvalue weighted by atomic mass is 16.5. The van der Waals surface area contributed by atoms with Crippen LogP contribution in [0.15, 0.2) is 4.99 Å². The Kier molecular flexibility index (Phi) is 8.56. The number of piperidine rings is 1. The summed E-state index contributed by atoms with van der Waals surface area (Å²) in [6, 6.07) is 0.835. The SMILES string of the molecule is CCNC(=NCC(C)N1CCOCC1C)N1CCC(C(=O)N2CCOCC2)CC1. The highest BCUT2D eigenvalue weighted by molar-refractivity contribution is 5.82. The van der Waals surface area contributed by atoms with Crippen LogP contribution in [-0.2, 0) is 14.3 Å². The van der Waals surface area contributed by atoms with Crippen LogP contribution in [0.3, 0.4) is 0 Å². The molecule has 3 aliphatic heterocycles. The van der Waals surface area contributed by atoms with Gasteiger partial charge in [0.2, 0.25) is 5.91 Å². The zero-order chi connectivity index (χ0) is 20.6. The van der Waals surface area contributed by atoms with Gasteiger partial charge in [0.15, 0.2) is 5.96 Å². The minimum atomic E-state index is 0.139. The van der Waals surface area contributed by atoms with E-state index in [0.717, 1.165) is 77.8 Å². The van der Waals surface area contributed by atoms with Gasteiger partial charge in [-0.1, -0.05) is 0 Å². The fourth-order valence-corrected chi connectivity index (χ4v) is 4.52. The summed E-state index contributed by atoms with van der Waals surface area (Å²) in [6.45, 7) is 15.4. The number of amides is 1. The van der Waals surface area contributed by atoms with Gasteiger partial charge < -0.3 is 24.6 Å². The Hall–Kier alpha value is -1.38. The largest absolute Gasteiger partial charge is 0.379 e. The second-order valence-electron chi connectivity index (χ2n) is 8.40. The highest BCUT2D eigenvalue weighted by Gasteiger charge is 2.30. The normalized spacial score (nSPS) is 26.4. The third kappa shape index (κ3) is 6.06. The number of guanidine groups is 1. The summed E-state index contributed by atoms with van der Waals surface area (Å²) in [5, 5.41) is 3.45. The van der Waals surface area contributed by atoms with Crippen LogP contribution < -0.4 is 5.32 Å². The number of rotatable bonds is 5. The van der Waals surface area contributed by atoms with Crippen molar-refractivity contribution in [2.24, 2.45) is 10.9 Å². The second-order valence-corrected chi connectivity index (χ2v) is 8.40. The van der Waals surface area contributed by atoms with E-state index in [1.807, 2.05) is 4.90 Å². The van der Waals surface area contributed by atoms with Crippen molar-refractivity contribution in [1.82, 2.24) is 20.0 Å². The summed E-state index contributed by atoms with van der Waals surface area (Å²) in [5.74, 6) is 1.43. The summed E-state index contributed by atoms with van der Waals surface area (Å²) in [4.78, 5) is 24.5. The third-order valence-electron chi connectivity index (χ3n) is 6.29. The first-order chi connectivity index (χ1) is 14.1. The summed E-state index contributed by atoms with van der Waals surface area (Å²) in [7, 11) is 0. The maximum atomic E-state index is 12.8. The maximum Gasteiger partial charge on any atom is 0.225 e. The minimum Gasteiger partial charge on any atom is -0.379 e. The molecular formula is C21H39N5O3. The van der Waals surface area contributed by atoms with Crippen LogP contribution >= 0.6 is 0 Å². The molecule has 3 aliphatic rings. The number of carbonyl (C=O) groups excluding carboxylic acids is 1. The number of carbonyl (C=O) groups is 1. The van der Waals surface area contributed by atoms with Crippen LogP contribution in [0.5, 0.6) is 0 Å². The van der Waals surface area contributed by atoms with Gasteiger partial charge in [-0.05, 0) is 33.6 Å². The Morgan fingerprint density at radius 1 is 1.07 bits per heavy atom. The smallest absolute Gasteiger partial charge is 0.225 e. The first kappa shape index (κ1) is 22.3. The number of hydrogen-bond donors (Lipinski definition) is 1. The lowest BCUT2D eigenvalue weighted by atomic mass is 9.95. The summed E-state index contributed by atoms with van der Waals surface area (Å²) in [6.07, 6.45) is 1.80. The number of nitrogens with zero attached hydrogens (tertiary/aromatic N) is 4. The first-order valence-corrected chi connectivity index (χ1v) is 11.3. The summed E-state index contributed by atoms with van der Waals surface area (Å²) >= 11 is 0. The molecule has 8 heteroatoms. The molecule has 3 fully saturated rings. The van der Waals surface area contributed by atoms with Crippen LogP contribution in [0.2, 0.25) is 0 Å². The third-order valence-corrected chi connectivity index (χ3v) is 6.29. The maximum absolute atomic E-state index is 12.8. The number of ether oxygens (including phenoxy) is 2. The second kappa shape index (κ2) is 11.1. The predicted molar refractivity (Wildman–Crippen MR) is 114 cm³/mol. The zero-order valence-electron chi connectivity index (χ0n) is 18.4. The van der Waals surface area contributed by atoms with Gasteiger partial charge in [-0.15, -0.1) is 0 Å². The molecule has 1 amide bonds. The van der Waals surface area contributed by atoms with Crippen molar-refractivity contribution in [2.75, 3.05) is 72.2 Å². The van der Waals surface area contributed by atoms with Crippen LogP contribution in [0, 0.1) is 5.92 Å². The molecule has 1 N–H and O–H groups in total. The highest BCUT2D eigenvalue weighted by Crippen LogP contribution is 2.20. The van der Waals surface area contributed by atoms with Gasteiger partial charge in [0, 0.05) is 57.3 Å². The van der Waals surface area contributed by atoms with Gasteiger partial charge >= 0.3 is 0 Å². The van der Waals surface area contributed by atoms with Crippen LogP contribution in [-0.4, -0.2) is 111 Å². The quantitative estimate of drug-likeness (QED) is 0.531. The van der Waals surface area contributed by atoms with Gasteiger partial charge in [-0.2, -0.15) is 0 Å². The number of morpholine rings is 2. The van der Waals surface area contributed by atoms with Crippen molar-refractivity contribution in [1.29, 1.82) is 0 Å². The summed E-state index contributed by atoms with van der Waals surface area (Å²) in [5.41, 5.74) is 0. The van der Waals surface area contributed by atoms with Gasteiger partial charge in [-0.3, -0.25) is 14.7 Å². The molecule has 0 aromatic heterocycles. The lowest BCUT2D eigenvalue weighted by Gasteiger charge is -2.38. The molecule has 29 heavy (non-hydrogen) atoms. The standard InChI is InChI=1S/C21H39N5O3/c1-4-22-21(23-15-17(2)26-11-14-29-16-18(26)3)25-7-5-19(6-8-25)20(27)24-9-12-28-13-10-24/h17-19H,4-16H2,1-3H3,(H,22,23). The van der Waals surface area contributed by atoms with E-state index in [9.17, 15) is 4.79 Å². The average molecular weight is 410 g/mol. The lowest BCUT2D eigenvalue weighted by molar-refractivity contribution is -0.140. The van der Waals surface area contributed by atoms with E-state index < -0.39 is 0 Å². The Labute approximate surface area is 175 Å². The Morgan fingerprint density at radius 2 is 1.76 bits per heavy atom. The van der Waals surface area contributed by atoms with E-state index in [2.05, 4.69) is 35.9 Å². The Balaban J connectivity index is 1.51. The number of aliphatic imine (C=N–C) groups is 1. The molecule has 3 heterocycles. The molecule has 3 rings (SSSR count). The molecule has 166 valence electrons. The molecule has 2 atom stereocenters. The van der Waals surface area contributed by atoms with E-state index in [1.165, 1.54) is 0 Å². The fourth-order valence-electron chi connectivity index (χ4n) is 4.52. The molecule has 0 aromatic rings. The van der Waals surface area contributed by atoms with E-state index in [0.29, 0.717) is 31.2 Å². The van der Waals surface area contributed by atoms with Gasteiger partial charge in [0.05, 0.1) is 33.0 Å². The van der Waals surface area contributed by atoms with Gasteiger partial charge in [0.1, 0.15) is 0 Å². The van der Waals surface area contributed by atoms with E-state index in [4.69, 9.17) is 14.5 Å².